The number of rotatable bonds is 5. The lowest BCUT2D eigenvalue weighted by molar-refractivity contribution is 0.0731. The molecule has 0 fully saturated rings. The Morgan fingerprint density at radius 3 is 2.21 bits per heavy atom. The Morgan fingerprint density at radius 2 is 1.61 bits per heavy atom. The van der Waals surface area contributed by atoms with Gasteiger partial charge in [0.2, 0.25) is 11.2 Å². The molecule has 0 amide bonds. The fourth-order valence-corrected chi connectivity index (χ4v) is 3.75. The highest BCUT2D eigenvalue weighted by molar-refractivity contribution is 5.93. The first kappa shape index (κ1) is 22.1. The van der Waals surface area contributed by atoms with Crippen molar-refractivity contribution in [3.63, 3.8) is 0 Å². The quantitative estimate of drug-likeness (QED) is 0.386. The summed E-state index contributed by atoms with van der Waals surface area (Å²) in [6.45, 7) is 3.77. The zero-order valence-corrected chi connectivity index (χ0v) is 19.3. The standard InChI is InChI=1S/C27H25NO5/c1-16-14-17(2)23-22(15-16)32-25(18-8-12-21(31-5)13-9-18)26(24(23)29)33-27(30)19-6-10-20(11-7-19)28(3)4/h6-15H,1-5H3. The van der Waals surface area contributed by atoms with E-state index in [1.165, 1.54) is 0 Å². The number of aryl methyl sites for hydroxylation is 2. The van der Waals surface area contributed by atoms with Crippen LogP contribution in [0.4, 0.5) is 5.69 Å². The summed E-state index contributed by atoms with van der Waals surface area (Å²) in [6.07, 6.45) is 0. The largest absolute Gasteiger partial charge is 0.497 e. The average molecular weight is 443 g/mol. The van der Waals surface area contributed by atoms with E-state index in [0.717, 1.165) is 16.8 Å². The van der Waals surface area contributed by atoms with Gasteiger partial charge < -0.3 is 18.8 Å². The number of benzene rings is 3. The SMILES string of the molecule is COc1ccc(-c2oc3cc(C)cc(C)c3c(=O)c2OC(=O)c2ccc(N(C)C)cc2)cc1. The zero-order chi connectivity index (χ0) is 23.7. The molecule has 3 aromatic carbocycles. The minimum absolute atomic E-state index is 0.138. The van der Waals surface area contributed by atoms with Crippen molar-refractivity contribution in [2.45, 2.75) is 13.8 Å². The highest BCUT2D eigenvalue weighted by atomic mass is 16.5. The number of fused-ring (bicyclic) bond motifs is 1. The number of ether oxygens (including phenoxy) is 2. The molecule has 168 valence electrons. The summed E-state index contributed by atoms with van der Waals surface area (Å²) in [4.78, 5) is 28.4. The summed E-state index contributed by atoms with van der Waals surface area (Å²) in [6, 6.07) is 17.7. The molecule has 4 aromatic rings. The van der Waals surface area contributed by atoms with Crippen LogP contribution in [0.2, 0.25) is 0 Å². The van der Waals surface area contributed by atoms with E-state index in [1.54, 1.807) is 43.5 Å². The van der Waals surface area contributed by atoms with Crippen molar-refractivity contribution in [1.29, 1.82) is 0 Å². The normalized spacial score (nSPS) is 10.8. The Morgan fingerprint density at radius 1 is 0.939 bits per heavy atom. The van der Waals surface area contributed by atoms with Crippen LogP contribution in [0.15, 0.2) is 69.9 Å². The van der Waals surface area contributed by atoms with Crippen LogP contribution in [0.3, 0.4) is 0 Å². The van der Waals surface area contributed by atoms with Crippen molar-refractivity contribution in [3.8, 4) is 22.8 Å². The molecule has 0 bridgehead atoms. The van der Waals surface area contributed by atoms with Gasteiger partial charge in [0.15, 0.2) is 5.76 Å². The van der Waals surface area contributed by atoms with E-state index in [1.807, 2.05) is 57.1 Å². The highest BCUT2D eigenvalue weighted by Gasteiger charge is 2.22. The van der Waals surface area contributed by atoms with Crippen LogP contribution in [0.5, 0.6) is 11.5 Å². The number of nitrogens with zero attached hydrogens (tertiary/aromatic N) is 1. The van der Waals surface area contributed by atoms with Gasteiger partial charge in [-0.3, -0.25) is 4.79 Å². The van der Waals surface area contributed by atoms with Crippen molar-refractivity contribution >= 4 is 22.6 Å². The highest BCUT2D eigenvalue weighted by Crippen LogP contribution is 2.33. The van der Waals surface area contributed by atoms with Gasteiger partial charge in [0.25, 0.3) is 0 Å². The van der Waals surface area contributed by atoms with Gasteiger partial charge in [0.1, 0.15) is 11.3 Å². The van der Waals surface area contributed by atoms with Crippen LogP contribution in [0.25, 0.3) is 22.3 Å². The molecule has 0 atom stereocenters. The summed E-state index contributed by atoms with van der Waals surface area (Å²) in [5, 5.41) is 0.392. The lowest BCUT2D eigenvalue weighted by atomic mass is 10.0. The second-order valence-corrected chi connectivity index (χ2v) is 8.10. The number of anilines is 1. The first-order valence-corrected chi connectivity index (χ1v) is 10.5. The molecule has 6 nitrogen and oxygen atoms in total. The van der Waals surface area contributed by atoms with E-state index in [9.17, 15) is 9.59 Å². The molecular formula is C27H25NO5. The summed E-state index contributed by atoms with van der Waals surface area (Å²) in [5.74, 6) is 0.0827. The van der Waals surface area contributed by atoms with E-state index in [-0.39, 0.29) is 11.5 Å². The smallest absolute Gasteiger partial charge is 0.343 e. The van der Waals surface area contributed by atoms with Gasteiger partial charge >= 0.3 is 5.97 Å². The van der Waals surface area contributed by atoms with E-state index in [0.29, 0.717) is 27.8 Å². The fourth-order valence-electron chi connectivity index (χ4n) is 3.75. The number of hydrogen-bond donors (Lipinski definition) is 0. The average Bonchev–Trinajstić information content (AvgIpc) is 2.80. The first-order chi connectivity index (χ1) is 15.8. The van der Waals surface area contributed by atoms with E-state index in [2.05, 4.69) is 0 Å². The molecule has 0 aliphatic heterocycles. The molecular weight excluding hydrogens is 418 g/mol. The predicted molar refractivity (Wildman–Crippen MR) is 130 cm³/mol. The van der Waals surface area contributed by atoms with Crippen molar-refractivity contribution in [3.05, 3.63) is 87.6 Å². The molecule has 0 aliphatic rings. The summed E-state index contributed by atoms with van der Waals surface area (Å²) in [7, 11) is 5.41. The topological polar surface area (TPSA) is 69.0 Å². The van der Waals surface area contributed by atoms with Gasteiger partial charge in [-0.1, -0.05) is 6.07 Å². The third-order valence-corrected chi connectivity index (χ3v) is 5.46. The number of carbonyl (C=O) groups is 1. The minimum Gasteiger partial charge on any atom is -0.497 e. The number of carbonyl (C=O) groups excluding carboxylic acids is 1. The molecule has 1 heterocycles. The number of methoxy groups -OCH3 is 1. The Kier molecular flexibility index (Phi) is 5.92. The molecule has 0 saturated heterocycles. The molecule has 6 heteroatoms. The second-order valence-electron chi connectivity index (χ2n) is 8.10. The molecule has 0 saturated carbocycles. The van der Waals surface area contributed by atoms with Crippen molar-refractivity contribution in [2.24, 2.45) is 0 Å². The van der Waals surface area contributed by atoms with Crippen LogP contribution in [-0.4, -0.2) is 27.2 Å². The Balaban J connectivity index is 1.86. The monoisotopic (exact) mass is 443 g/mol. The molecule has 0 radical (unpaired) electrons. The van der Waals surface area contributed by atoms with Gasteiger partial charge in [-0.15, -0.1) is 0 Å². The van der Waals surface area contributed by atoms with Crippen molar-refractivity contribution in [2.75, 3.05) is 26.1 Å². The van der Waals surface area contributed by atoms with Gasteiger partial charge in [-0.2, -0.15) is 0 Å². The summed E-state index contributed by atoms with van der Waals surface area (Å²) >= 11 is 0. The third kappa shape index (κ3) is 4.32. The van der Waals surface area contributed by atoms with Crippen LogP contribution in [-0.2, 0) is 0 Å². The minimum atomic E-state index is -0.633. The maximum Gasteiger partial charge on any atom is 0.343 e. The van der Waals surface area contributed by atoms with Crippen LogP contribution in [0.1, 0.15) is 21.5 Å². The lowest BCUT2D eigenvalue weighted by Gasteiger charge is -2.14. The van der Waals surface area contributed by atoms with Gasteiger partial charge in [0, 0.05) is 25.3 Å². The second kappa shape index (κ2) is 8.82. The van der Waals surface area contributed by atoms with E-state index < -0.39 is 11.4 Å². The molecule has 0 aliphatic carbocycles. The maximum atomic E-state index is 13.5. The first-order valence-electron chi connectivity index (χ1n) is 10.5. The zero-order valence-electron chi connectivity index (χ0n) is 19.3. The van der Waals surface area contributed by atoms with Crippen LogP contribution in [0, 0.1) is 13.8 Å². The van der Waals surface area contributed by atoms with Gasteiger partial charge in [-0.05, 0) is 79.6 Å². The Bertz CT molecular complexity index is 1380. The molecule has 33 heavy (non-hydrogen) atoms. The van der Waals surface area contributed by atoms with E-state index in [4.69, 9.17) is 13.9 Å². The van der Waals surface area contributed by atoms with Crippen LogP contribution < -0.4 is 19.8 Å². The number of hydrogen-bond acceptors (Lipinski definition) is 6. The van der Waals surface area contributed by atoms with Gasteiger partial charge in [-0.25, -0.2) is 4.79 Å². The fraction of sp³-hybridized carbons (Fsp3) is 0.185. The number of esters is 1. The van der Waals surface area contributed by atoms with Crippen molar-refractivity contribution < 1.29 is 18.7 Å². The Hall–Kier alpha value is -4.06. The van der Waals surface area contributed by atoms with E-state index >= 15 is 0 Å². The molecule has 0 unspecified atom stereocenters. The predicted octanol–water partition coefficient (Wildman–Crippen LogP) is 5.37. The summed E-state index contributed by atoms with van der Waals surface area (Å²) in [5.41, 5.74) is 3.65. The maximum absolute atomic E-state index is 13.5. The molecule has 4 rings (SSSR count). The van der Waals surface area contributed by atoms with Crippen LogP contribution >= 0.6 is 0 Å². The third-order valence-electron chi connectivity index (χ3n) is 5.46. The van der Waals surface area contributed by atoms with Gasteiger partial charge in [0.05, 0.1) is 18.1 Å². The molecule has 0 N–H and O–H groups in total. The lowest BCUT2D eigenvalue weighted by Crippen LogP contribution is -2.17. The Labute approximate surface area is 192 Å². The summed E-state index contributed by atoms with van der Waals surface area (Å²) < 4.78 is 17.1. The molecule has 0 spiro atoms. The molecule has 1 aromatic heterocycles. The van der Waals surface area contributed by atoms with Crippen molar-refractivity contribution in [1.82, 2.24) is 0 Å².